The molecule has 9 nitrogen and oxygen atoms in total. The second kappa shape index (κ2) is 11.5. The summed E-state index contributed by atoms with van der Waals surface area (Å²) in [6.07, 6.45) is 11.4. The van der Waals surface area contributed by atoms with Crippen molar-refractivity contribution in [2.45, 2.75) is 95.7 Å². The molecule has 4 aromatic rings. The zero-order chi connectivity index (χ0) is 30.7. The second-order valence-electron chi connectivity index (χ2n) is 14.3. The van der Waals surface area contributed by atoms with Crippen molar-refractivity contribution >= 4 is 22.3 Å². The highest BCUT2D eigenvalue weighted by molar-refractivity contribution is 5.97. The van der Waals surface area contributed by atoms with Crippen molar-refractivity contribution in [2.75, 3.05) is 49.1 Å². The molecule has 0 spiro atoms. The molecule has 9 heteroatoms. The molecule has 1 unspecified atom stereocenters. The van der Waals surface area contributed by atoms with Gasteiger partial charge in [0.15, 0.2) is 0 Å². The molecule has 0 amide bonds. The Kier molecular flexibility index (Phi) is 7.13. The normalized spacial score (nSPS) is 22.3. The van der Waals surface area contributed by atoms with Gasteiger partial charge in [0.2, 0.25) is 0 Å². The quantitative estimate of drug-likeness (QED) is 0.262. The van der Waals surface area contributed by atoms with Crippen LogP contribution in [-0.4, -0.2) is 74.5 Å². The second-order valence-corrected chi connectivity index (χ2v) is 14.3. The van der Waals surface area contributed by atoms with E-state index in [0.717, 1.165) is 82.2 Å². The molecular formula is C37H46N8O. The summed E-state index contributed by atoms with van der Waals surface area (Å²) in [5, 5.41) is 11.9. The average Bonchev–Trinajstić information content (AvgIpc) is 3.89. The lowest BCUT2D eigenvalue weighted by Gasteiger charge is -2.37. The minimum absolute atomic E-state index is 0.162. The predicted molar refractivity (Wildman–Crippen MR) is 181 cm³/mol. The van der Waals surface area contributed by atoms with Gasteiger partial charge in [-0.05, 0) is 87.9 Å². The highest BCUT2D eigenvalue weighted by atomic mass is 16.5. The van der Waals surface area contributed by atoms with Crippen LogP contribution >= 0.6 is 0 Å². The van der Waals surface area contributed by atoms with Gasteiger partial charge in [-0.1, -0.05) is 37.3 Å². The zero-order valence-corrected chi connectivity index (χ0v) is 27.3. The number of ether oxygens (including phenoxy) is 1. The molecule has 0 aliphatic carbocycles. The van der Waals surface area contributed by atoms with Gasteiger partial charge in [0.05, 0.1) is 17.8 Å². The van der Waals surface area contributed by atoms with Gasteiger partial charge in [-0.15, -0.1) is 10.2 Å². The number of aromatic nitrogens is 5. The molecule has 240 valence electrons. The van der Waals surface area contributed by atoms with Gasteiger partial charge < -0.3 is 19.1 Å². The summed E-state index contributed by atoms with van der Waals surface area (Å²) in [6.45, 7) is 10.0. The first-order valence-electron chi connectivity index (χ1n) is 17.9. The number of benzene rings is 2. The Morgan fingerprint density at radius 3 is 2.61 bits per heavy atom. The summed E-state index contributed by atoms with van der Waals surface area (Å²) in [7, 11) is 0. The molecule has 0 saturated carbocycles. The van der Waals surface area contributed by atoms with Crippen molar-refractivity contribution in [3.8, 4) is 6.01 Å². The van der Waals surface area contributed by atoms with Crippen LogP contribution in [0.15, 0.2) is 36.4 Å². The predicted octanol–water partition coefficient (Wildman–Crippen LogP) is 5.68. The standard InChI is InChI=1S/C37H46N8O/c1-2-26-9-3-10-27-11-4-13-31(33(26)27)42-22-15-29-30(24-42)38-36(46-25-37-16-7-19-44(37)20-8-17-37)39-35(29)43-18-5-12-28(23-43)34-41-40-32-14-6-21-45(32)34/h3-4,9-11,13,28H,2,5-8,12,14-25H2,1H3. The van der Waals surface area contributed by atoms with E-state index >= 15 is 0 Å². The maximum absolute atomic E-state index is 6.66. The molecule has 0 bridgehead atoms. The molecule has 9 rings (SSSR count). The SMILES string of the molecule is CCc1cccc2cccc(N3CCc4c(nc(OCC56CCCN5CCC6)nc4N4CCCC(c5nnc6n5CCC6)C4)C3)c12. The van der Waals surface area contributed by atoms with Gasteiger partial charge in [-0.25, -0.2) is 0 Å². The van der Waals surface area contributed by atoms with Crippen LogP contribution in [0.4, 0.5) is 11.5 Å². The lowest BCUT2D eigenvalue weighted by atomic mass is 9.95. The summed E-state index contributed by atoms with van der Waals surface area (Å²) in [4.78, 5) is 18.2. The Hall–Kier alpha value is -3.72. The number of hydrogen-bond donors (Lipinski definition) is 0. The third-order valence-corrected chi connectivity index (χ3v) is 11.7. The van der Waals surface area contributed by atoms with Crippen molar-refractivity contribution in [3.05, 3.63) is 64.9 Å². The van der Waals surface area contributed by atoms with Crippen molar-refractivity contribution in [1.82, 2.24) is 29.6 Å². The van der Waals surface area contributed by atoms with Crippen molar-refractivity contribution in [3.63, 3.8) is 0 Å². The first-order valence-corrected chi connectivity index (χ1v) is 17.9. The highest BCUT2D eigenvalue weighted by Crippen LogP contribution is 2.41. The lowest BCUT2D eigenvalue weighted by Crippen LogP contribution is -2.44. The van der Waals surface area contributed by atoms with Crippen LogP contribution in [0.2, 0.25) is 0 Å². The average molecular weight is 619 g/mol. The highest BCUT2D eigenvalue weighted by Gasteiger charge is 2.45. The van der Waals surface area contributed by atoms with Gasteiger partial charge in [0, 0.05) is 55.2 Å². The van der Waals surface area contributed by atoms with Crippen molar-refractivity contribution in [1.29, 1.82) is 0 Å². The maximum atomic E-state index is 6.66. The van der Waals surface area contributed by atoms with Crippen molar-refractivity contribution < 1.29 is 4.74 Å². The topological polar surface area (TPSA) is 75.4 Å². The van der Waals surface area contributed by atoms with Gasteiger partial charge in [-0.3, -0.25) is 4.90 Å². The minimum Gasteiger partial charge on any atom is -0.461 e. The van der Waals surface area contributed by atoms with E-state index < -0.39 is 0 Å². The Balaban J connectivity index is 1.06. The van der Waals surface area contributed by atoms with E-state index in [1.54, 1.807) is 0 Å². The number of fused-ring (bicyclic) bond motifs is 4. The van der Waals surface area contributed by atoms with Crippen LogP contribution in [0.1, 0.15) is 86.3 Å². The summed E-state index contributed by atoms with van der Waals surface area (Å²) in [6, 6.07) is 14.0. The first-order chi connectivity index (χ1) is 22.7. The molecule has 7 heterocycles. The van der Waals surface area contributed by atoms with E-state index in [1.807, 2.05) is 0 Å². The van der Waals surface area contributed by atoms with Crippen LogP contribution in [-0.2, 0) is 32.4 Å². The summed E-state index contributed by atoms with van der Waals surface area (Å²) in [5.41, 5.74) is 5.30. The lowest BCUT2D eigenvalue weighted by molar-refractivity contribution is 0.107. The third-order valence-electron chi connectivity index (χ3n) is 11.7. The Bertz CT molecular complexity index is 1750. The molecule has 5 aliphatic heterocycles. The van der Waals surface area contributed by atoms with Gasteiger partial charge >= 0.3 is 6.01 Å². The monoisotopic (exact) mass is 618 g/mol. The molecule has 0 N–H and O–H groups in total. The molecule has 3 saturated heterocycles. The fourth-order valence-electron chi connectivity index (χ4n) is 9.39. The number of rotatable bonds is 7. The van der Waals surface area contributed by atoms with Gasteiger partial charge in [0.25, 0.3) is 0 Å². The van der Waals surface area contributed by atoms with Crippen molar-refractivity contribution in [2.24, 2.45) is 0 Å². The van der Waals surface area contributed by atoms with Gasteiger partial charge in [0.1, 0.15) is 24.1 Å². The fourth-order valence-corrected chi connectivity index (χ4v) is 9.39. The molecule has 3 fully saturated rings. The Labute approximate surface area is 272 Å². The molecule has 2 aromatic carbocycles. The largest absolute Gasteiger partial charge is 0.461 e. The number of anilines is 2. The molecular weight excluding hydrogens is 572 g/mol. The van der Waals surface area contributed by atoms with E-state index in [2.05, 4.69) is 67.7 Å². The van der Waals surface area contributed by atoms with Crippen LogP contribution in [0.5, 0.6) is 6.01 Å². The smallest absolute Gasteiger partial charge is 0.318 e. The molecule has 2 aromatic heterocycles. The number of hydrogen-bond acceptors (Lipinski definition) is 8. The molecule has 0 radical (unpaired) electrons. The summed E-state index contributed by atoms with van der Waals surface area (Å²) < 4.78 is 9.05. The first kappa shape index (κ1) is 28.5. The van der Waals surface area contributed by atoms with Crippen LogP contribution in [0.25, 0.3) is 10.8 Å². The number of aryl methyl sites for hydroxylation is 2. The van der Waals surface area contributed by atoms with E-state index in [1.165, 1.54) is 78.6 Å². The van der Waals surface area contributed by atoms with Crippen LogP contribution < -0.4 is 14.5 Å². The number of piperidine rings is 1. The van der Waals surface area contributed by atoms with Crippen LogP contribution in [0.3, 0.4) is 0 Å². The molecule has 5 aliphatic rings. The Morgan fingerprint density at radius 1 is 0.870 bits per heavy atom. The third kappa shape index (κ3) is 4.76. The fraction of sp³-hybridized carbons (Fsp3) is 0.568. The van der Waals surface area contributed by atoms with Crippen LogP contribution in [0, 0.1) is 0 Å². The van der Waals surface area contributed by atoms with E-state index in [-0.39, 0.29) is 5.54 Å². The van der Waals surface area contributed by atoms with E-state index in [0.29, 0.717) is 18.5 Å². The van der Waals surface area contributed by atoms with E-state index in [9.17, 15) is 0 Å². The minimum atomic E-state index is 0.162. The number of nitrogens with zero attached hydrogens (tertiary/aromatic N) is 8. The summed E-state index contributed by atoms with van der Waals surface area (Å²) >= 11 is 0. The van der Waals surface area contributed by atoms with Gasteiger partial charge in [-0.2, -0.15) is 9.97 Å². The maximum Gasteiger partial charge on any atom is 0.318 e. The Morgan fingerprint density at radius 2 is 1.74 bits per heavy atom. The molecule has 1 atom stereocenters. The molecule has 46 heavy (non-hydrogen) atoms. The summed E-state index contributed by atoms with van der Waals surface area (Å²) in [5.74, 6) is 3.79. The zero-order valence-electron chi connectivity index (χ0n) is 27.3. The van der Waals surface area contributed by atoms with E-state index in [4.69, 9.17) is 19.8 Å².